The summed E-state index contributed by atoms with van der Waals surface area (Å²) in [6.07, 6.45) is 4.68. The number of thiophene rings is 1. The molecular formula is C71H51N3OS. The molecule has 1 saturated carbocycles. The lowest BCUT2D eigenvalue weighted by molar-refractivity contribution is 0.223. The average Bonchev–Trinajstić information content (AvgIpc) is 4.15. The van der Waals surface area contributed by atoms with Crippen LogP contribution in [0.5, 0.6) is 0 Å². The van der Waals surface area contributed by atoms with E-state index in [0.717, 1.165) is 79.7 Å². The van der Waals surface area contributed by atoms with E-state index in [1.54, 1.807) is 0 Å². The molecular weight excluding hydrogens is 943 g/mol. The second-order valence-corrected chi connectivity index (χ2v) is 22.0. The number of hydrogen-bond acceptors (Lipinski definition) is 5. The second kappa shape index (κ2) is 17.1. The maximum Gasteiger partial charge on any atom is 0.160 e. The molecule has 3 heterocycles. The number of hydrogen-bond donors (Lipinski definition) is 0. The molecule has 0 N–H and O–H groups in total. The van der Waals surface area contributed by atoms with Crippen LogP contribution in [0.15, 0.2) is 253 Å². The van der Waals surface area contributed by atoms with Crippen LogP contribution >= 0.6 is 11.3 Å². The van der Waals surface area contributed by atoms with Crippen LogP contribution in [0, 0.1) is 5.92 Å². The molecule has 1 aliphatic heterocycles. The van der Waals surface area contributed by atoms with Crippen molar-refractivity contribution in [3.05, 3.63) is 265 Å². The first-order valence-corrected chi connectivity index (χ1v) is 27.7. The number of nitrogens with zero attached hydrogens (tertiary/aromatic N) is 3. The summed E-state index contributed by atoms with van der Waals surface area (Å²) in [5.41, 5.74) is 17.2. The van der Waals surface area contributed by atoms with Gasteiger partial charge in [0.1, 0.15) is 5.58 Å². The third-order valence-corrected chi connectivity index (χ3v) is 18.3. The quantitative estimate of drug-likeness (QED) is 0.159. The van der Waals surface area contributed by atoms with Gasteiger partial charge in [-0.25, -0.2) is 0 Å². The van der Waals surface area contributed by atoms with Gasteiger partial charge in [0, 0.05) is 71.1 Å². The minimum atomic E-state index is -0.398. The Kier molecular flexibility index (Phi) is 9.77. The molecule has 1 fully saturated rings. The highest BCUT2D eigenvalue weighted by molar-refractivity contribution is 7.25. The molecule has 3 atom stereocenters. The third kappa shape index (κ3) is 6.30. The molecule has 0 saturated heterocycles. The third-order valence-electron chi connectivity index (χ3n) is 17.1. The Bertz CT molecular complexity index is 4370. The van der Waals surface area contributed by atoms with Gasteiger partial charge in [-0.2, -0.15) is 0 Å². The van der Waals surface area contributed by atoms with E-state index < -0.39 is 5.41 Å². The van der Waals surface area contributed by atoms with E-state index in [0.29, 0.717) is 5.92 Å². The molecule has 13 aromatic rings. The molecule has 1 spiro atoms. The smallest absolute Gasteiger partial charge is 0.160 e. The summed E-state index contributed by atoms with van der Waals surface area (Å²) in [6, 6.07) is 92.7. The zero-order valence-corrected chi connectivity index (χ0v) is 42.6. The van der Waals surface area contributed by atoms with Crippen LogP contribution in [0.2, 0.25) is 0 Å². The van der Waals surface area contributed by atoms with Crippen molar-refractivity contribution in [2.45, 2.75) is 37.1 Å². The molecule has 2 aliphatic carbocycles. The lowest BCUT2D eigenvalue weighted by atomic mass is 9.56. The van der Waals surface area contributed by atoms with Gasteiger partial charge in [-0.3, -0.25) is 0 Å². The summed E-state index contributed by atoms with van der Waals surface area (Å²) < 4.78 is 10.1. The van der Waals surface area contributed by atoms with E-state index in [1.807, 2.05) is 11.3 Å². The lowest BCUT2D eigenvalue weighted by Crippen LogP contribution is -2.54. The van der Waals surface area contributed by atoms with E-state index in [-0.39, 0.29) is 6.04 Å². The molecule has 11 aromatic carbocycles. The summed E-state index contributed by atoms with van der Waals surface area (Å²) in [5.74, 6) is 0.312. The second-order valence-electron chi connectivity index (χ2n) is 21.0. The van der Waals surface area contributed by atoms with Crippen molar-refractivity contribution in [3.8, 4) is 11.1 Å². The van der Waals surface area contributed by atoms with Crippen molar-refractivity contribution >= 4 is 110 Å². The minimum absolute atomic E-state index is 0.289. The zero-order valence-electron chi connectivity index (χ0n) is 41.8. The number of anilines is 8. The average molecular weight is 994 g/mol. The van der Waals surface area contributed by atoms with E-state index >= 15 is 0 Å². The minimum Gasteiger partial charge on any atom is -0.454 e. The van der Waals surface area contributed by atoms with Gasteiger partial charge in [0.15, 0.2) is 5.58 Å². The van der Waals surface area contributed by atoms with Crippen LogP contribution in [0.3, 0.4) is 0 Å². The lowest BCUT2D eigenvalue weighted by Gasteiger charge is -2.55. The molecule has 76 heavy (non-hydrogen) atoms. The van der Waals surface area contributed by atoms with Crippen LogP contribution in [0.4, 0.5) is 45.5 Å². The number of benzene rings is 11. The van der Waals surface area contributed by atoms with Crippen LogP contribution in [0.25, 0.3) is 64.0 Å². The fraction of sp³-hybridized carbons (Fsp3) is 0.0986. The number of para-hydroxylation sites is 4. The van der Waals surface area contributed by atoms with Gasteiger partial charge in [-0.15, -0.1) is 11.3 Å². The molecule has 4 nitrogen and oxygen atoms in total. The fourth-order valence-corrected chi connectivity index (χ4v) is 15.3. The topological polar surface area (TPSA) is 22.9 Å². The van der Waals surface area contributed by atoms with Gasteiger partial charge in [0.05, 0.1) is 22.2 Å². The summed E-state index contributed by atoms with van der Waals surface area (Å²) in [4.78, 5) is 7.62. The van der Waals surface area contributed by atoms with Crippen molar-refractivity contribution in [3.63, 3.8) is 0 Å². The Morgan fingerprint density at radius 2 is 1.09 bits per heavy atom. The Labute approximate surface area is 445 Å². The number of rotatable bonds is 7. The number of furan rings is 1. The predicted octanol–water partition coefficient (Wildman–Crippen LogP) is 20.1. The first-order chi connectivity index (χ1) is 37.7. The van der Waals surface area contributed by atoms with Gasteiger partial charge in [0.25, 0.3) is 0 Å². The summed E-state index contributed by atoms with van der Waals surface area (Å²) in [5, 5.41) is 7.11. The van der Waals surface area contributed by atoms with Crippen LogP contribution < -0.4 is 14.7 Å². The van der Waals surface area contributed by atoms with Gasteiger partial charge >= 0.3 is 0 Å². The van der Waals surface area contributed by atoms with Crippen molar-refractivity contribution in [1.29, 1.82) is 0 Å². The molecule has 2 aromatic heterocycles. The molecule has 3 aliphatic rings. The van der Waals surface area contributed by atoms with Crippen molar-refractivity contribution in [2.24, 2.45) is 5.92 Å². The summed E-state index contributed by atoms with van der Waals surface area (Å²) in [6.45, 7) is 0. The van der Waals surface area contributed by atoms with E-state index in [1.165, 1.54) is 72.2 Å². The Balaban J connectivity index is 0.943. The monoisotopic (exact) mass is 993 g/mol. The van der Waals surface area contributed by atoms with Gasteiger partial charge < -0.3 is 19.1 Å². The Hall–Kier alpha value is -8.90. The maximum absolute atomic E-state index is 7.37. The SMILES string of the molecule is c1ccc(N(c2ccc3c(c2)C2(c4ccccc4-3)c3ccccc3N(c3ccc4c(c3)sc3ccccc34)C3CCCCC32)c2c3ccccc3cc3c2oc2cccc(N(c4ccccc4)c4ccccc4)c23)cc1. The highest BCUT2D eigenvalue weighted by atomic mass is 32.1. The van der Waals surface area contributed by atoms with Crippen LogP contribution in [-0.2, 0) is 5.41 Å². The normalized spacial score (nSPS) is 17.6. The van der Waals surface area contributed by atoms with Gasteiger partial charge in [0.2, 0.25) is 0 Å². The van der Waals surface area contributed by atoms with Gasteiger partial charge in [-0.05, 0) is 143 Å². The highest BCUT2D eigenvalue weighted by Gasteiger charge is 2.58. The molecule has 16 rings (SSSR count). The standard InChI is InChI=1S/C71H51N3OS/c1-4-22-47(23-5-1)72(48-24-6-2-7-25-48)64-36-20-37-65-68(64)57-43-46-21-10-11-28-52(46)69(70(57)75-65)73(49-26-8-3-9-27-49)50-39-41-54-53-29-12-14-31-58(53)71(61(54)44-50)59-32-15-17-34-62(59)74(63-35-18-16-33-60(63)71)51-40-42-56-55-30-13-19-38-66(55)76-67(56)45-51/h1-15,17,19-32,34,36-45,60,63H,16,18,33,35H2. The van der Waals surface area contributed by atoms with Crippen molar-refractivity contribution in [1.82, 2.24) is 0 Å². The highest BCUT2D eigenvalue weighted by Crippen LogP contribution is 2.65. The molecule has 5 heteroatoms. The zero-order chi connectivity index (χ0) is 49.9. The van der Waals surface area contributed by atoms with Crippen LogP contribution in [0.1, 0.15) is 42.4 Å². The van der Waals surface area contributed by atoms with Gasteiger partial charge in [-0.1, -0.05) is 171 Å². The Morgan fingerprint density at radius 1 is 0.447 bits per heavy atom. The largest absolute Gasteiger partial charge is 0.454 e. The summed E-state index contributed by atoms with van der Waals surface area (Å²) >= 11 is 1.91. The summed E-state index contributed by atoms with van der Waals surface area (Å²) in [7, 11) is 0. The maximum atomic E-state index is 7.37. The number of fused-ring (bicyclic) bond motifs is 16. The molecule has 0 bridgehead atoms. The molecule has 3 unspecified atom stereocenters. The first-order valence-electron chi connectivity index (χ1n) is 26.9. The van der Waals surface area contributed by atoms with E-state index in [4.69, 9.17) is 4.42 Å². The molecule has 0 radical (unpaired) electrons. The van der Waals surface area contributed by atoms with Crippen LogP contribution in [-0.4, -0.2) is 6.04 Å². The van der Waals surface area contributed by atoms with Crippen molar-refractivity contribution in [2.75, 3.05) is 14.7 Å². The molecule has 362 valence electrons. The molecule has 0 amide bonds. The van der Waals surface area contributed by atoms with Crippen molar-refractivity contribution < 1.29 is 4.42 Å². The Morgan fingerprint density at radius 3 is 1.89 bits per heavy atom. The fourth-order valence-electron chi connectivity index (χ4n) is 14.2. The van der Waals surface area contributed by atoms with E-state index in [2.05, 4.69) is 263 Å². The first kappa shape index (κ1) is 43.5. The predicted molar refractivity (Wildman–Crippen MR) is 320 cm³/mol. The van der Waals surface area contributed by atoms with E-state index in [9.17, 15) is 0 Å².